The fourth-order valence-corrected chi connectivity index (χ4v) is 4.32. The van der Waals surface area contributed by atoms with Crippen molar-refractivity contribution in [3.8, 4) is 0 Å². The largest absolute Gasteiger partial charge is 0.460 e. The summed E-state index contributed by atoms with van der Waals surface area (Å²) in [6.07, 6.45) is 8.47. The number of rotatable bonds is 10. The summed E-state index contributed by atoms with van der Waals surface area (Å²) < 4.78 is 33.9. The molecule has 2 rings (SSSR count). The van der Waals surface area contributed by atoms with Crippen LogP contribution < -0.4 is 0 Å². The van der Waals surface area contributed by atoms with Crippen molar-refractivity contribution >= 4 is 35.1 Å². The maximum absolute atomic E-state index is 11.9. The Balaban J connectivity index is 0.000000673. The van der Waals surface area contributed by atoms with Gasteiger partial charge in [0.1, 0.15) is 11.2 Å². The zero-order chi connectivity index (χ0) is 29.9. The minimum atomic E-state index is -0.411. The first-order valence-corrected chi connectivity index (χ1v) is 15.3. The van der Waals surface area contributed by atoms with Crippen LogP contribution in [0.3, 0.4) is 0 Å². The highest BCUT2D eigenvalue weighted by Gasteiger charge is 2.31. The van der Waals surface area contributed by atoms with Crippen LogP contribution in [0, 0.1) is 11.8 Å². The quantitative estimate of drug-likeness (QED) is 0.164. The lowest BCUT2D eigenvalue weighted by Crippen LogP contribution is -2.32. The number of halogens is 3. The van der Waals surface area contributed by atoms with Crippen LogP contribution in [0.4, 0.5) is 4.39 Å². The first-order chi connectivity index (χ1) is 18.3. The van der Waals surface area contributed by atoms with Crippen molar-refractivity contribution < 1.29 is 38.0 Å². The van der Waals surface area contributed by atoms with Crippen molar-refractivity contribution in [1.29, 1.82) is 0 Å². The molecule has 2 aliphatic rings. The van der Waals surface area contributed by atoms with Crippen molar-refractivity contribution in [2.24, 2.45) is 11.8 Å². The lowest BCUT2D eigenvalue weighted by molar-refractivity contribution is -0.163. The highest BCUT2D eigenvalue weighted by molar-refractivity contribution is 6.40. The molecule has 0 spiro atoms. The molecule has 0 aliphatic heterocycles. The van der Waals surface area contributed by atoms with Crippen LogP contribution in [0.1, 0.15) is 106 Å². The van der Waals surface area contributed by atoms with Crippen molar-refractivity contribution in [2.45, 2.75) is 129 Å². The molecular formula is C29H53Cl2FO7. The Morgan fingerprint density at radius 3 is 1.33 bits per heavy atom. The number of carbonyl (C=O) groups excluding carboxylic acids is 2. The van der Waals surface area contributed by atoms with E-state index in [2.05, 4.69) is 0 Å². The Morgan fingerprint density at radius 1 is 0.718 bits per heavy atom. The third-order valence-corrected chi connectivity index (χ3v) is 6.12. The number of ether oxygens (including phenoxy) is 4. The van der Waals surface area contributed by atoms with Crippen LogP contribution >= 0.6 is 23.2 Å². The van der Waals surface area contributed by atoms with Gasteiger partial charge in [0.2, 0.25) is 0 Å². The van der Waals surface area contributed by atoms with Crippen molar-refractivity contribution in [3.05, 3.63) is 0 Å². The monoisotopic (exact) mass is 602 g/mol. The molecule has 1 N–H and O–H groups in total. The minimum absolute atomic E-state index is 0.00486. The topological polar surface area (TPSA) is 91.3 Å². The van der Waals surface area contributed by atoms with Crippen LogP contribution in [0.5, 0.6) is 0 Å². The van der Waals surface area contributed by atoms with E-state index in [0.717, 1.165) is 51.4 Å². The smallest absolute Gasteiger partial charge is 0.309 e. The number of carbonyl (C=O) groups is 2. The van der Waals surface area contributed by atoms with Gasteiger partial charge in [-0.25, -0.2) is 0 Å². The molecule has 0 bridgehead atoms. The maximum atomic E-state index is 11.9. The molecular weight excluding hydrogens is 550 g/mol. The second kappa shape index (κ2) is 21.1. The molecule has 0 unspecified atom stereocenters. The van der Waals surface area contributed by atoms with E-state index >= 15 is 0 Å². The molecule has 232 valence electrons. The van der Waals surface area contributed by atoms with Gasteiger partial charge >= 0.3 is 11.9 Å². The highest BCUT2D eigenvalue weighted by Crippen LogP contribution is 2.29. The fourth-order valence-electron chi connectivity index (χ4n) is 4.32. The molecule has 0 atom stereocenters. The number of hydrogen-bond donors (Lipinski definition) is 1. The average molecular weight is 604 g/mol. The number of aliphatic hydroxyl groups is 1. The summed E-state index contributed by atoms with van der Waals surface area (Å²) in [5, 5.41) is 8.87. The van der Waals surface area contributed by atoms with Gasteiger partial charge in [-0.1, -0.05) is 0 Å². The van der Waals surface area contributed by atoms with E-state index in [1.807, 2.05) is 41.5 Å². The van der Waals surface area contributed by atoms with Crippen molar-refractivity contribution in [3.63, 3.8) is 0 Å². The van der Waals surface area contributed by atoms with Gasteiger partial charge in [0.25, 0.3) is 0 Å². The summed E-state index contributed by atoms with van der Waals surface area (Å²) in [7, 11) is 0. The van der Waals surface area contributed by atoms with E-state index in [4.69, 9.17) is 47.3 Å². The zero-order valence-electron chi connectivity index (χ0n) is 24.9. The molecule has 39 heavy (non-hydrogen) atoms. The molecule has 0 aromatic rings. The van der Waals surface area contributed by atoms with Crippen LogP contribution in [0.2, 0.25) is 0 Å². The van der Waals surface area contributed by atoms with Crippen LogP contribution in [0.25, 0.3) is 0 Å². The fraction of sp³-hybridized carbons (Fsp3) is 0.931. The van der Waals surface area contributed by atoms with Gasteiger partial charge in [-0.15, -0.1) is 23.2 Å². The van der Waals surface area contributed by atoms with E-state index in [9.17, 15) is 14.0 Å². The summed E-state index contributed by atoms with van der Waals surface area (Å²) in [6.45, 7) is 12.3. The van der Waals surface area contributed by atoms with Gasteiger partial charge in [0, 0.05) is 19.8 Å². The molecule has 0 saturated heterocycles. The van der Waals surface area contributed by atoms with Crippen molar-refractivity contribution in [1.82, 2.24) is 0 Å². The molecule has 7 nitrogen and oxygen atoms in total. The van der Waals surface area contributed by atoms with Gasteiger partial charge in [0.15, 0.2) is 0 Å². The average Bonchev–Trinajstić information content (AvgIpc) is 2.84. The molecule has 2 aliphatic carbocycles. The van der Waals surface area contributed by atoms with Gasteiger partial charge in [-0.05, 0) is 106 Å². The summed E-state index contributed by atoms with van der Waals surface area (Å²) in [4.78, 5) is 23.8. The summed E-state index contributed by atoms with van der Waals surface area (Å²) >= 11 is 9.53. The molecule has 0 amide bonds. The van der Waals surface area contributed by atoms with Crippen LogP contribution in [-0.4, -0.2) is 72.3 Å². The highest BCUT2D eigenvalue weighted by atomic mass is 35.5. The normalized spacial score (nSPS) is 23.4. The number of esters is 2. The van der Waals surface area contributed by atoms with E-state index < -0.39 is 11.2 Å². The van der Waals surface area contributed by atoms with E-state index in [0.29, 0.717) is 26.1 Å². The maximum Gasteiger partial charge on any atom is 0.309 e. The SMILES string of the molecule is CC(C)(C)OC(=O)C1CCC(OCCCF)CC1.CC(C)(C)OC(=O)C1CCC(OCCCO)CC1.ClCCl. The standard InChI is InChI=1S/C14H25FO3.C14H26O4.CH2Cl2/c2*1-14(2,3)18-13(16)11-5-7-12(8-6-11)17-10-4-9-15;2-1-3/h11-12H,4-10H2,1-3H3;11-12,15H,4-10H2,1-3H3;1H2. The number of alkyl halides is 3. The second-order valence-electron chi connectivity index (χ2n) is 12.0. The first kappa shape index (κ1) is 38.3. The Bertz CT molecular complexity index is 583. The third kappa shape index (κ3) is 20.8. The van der Waals surface area contributed by atoms with Gasteiger partial charge in [-0.2, -0.15) is 0 Å². The minimum Gasteiger partial charge on any atom is -0.460 e. The Hall–Kier alpha value is -0.670. The number of hydrogen-bond acceptors (Lipinski definition) is 7. The second-order valence-corrected chi connectivity index (χ2v) is 12.8. The Labute approximate surface area is 245 Å². The van der Waals surface area contributed by atoms with E-state index in [-0.39, 0.29) is 54.6 Å². The molecule has 2 fully saturated rings. The van der Waals surface area contributed by atoms with Gasteiger partial charge in [-0.3, -0.25) is 14.0 Å². The van der Waals surface area contributed by atoms with Gasteiger partial charge in [0.05, 0.1) is 36.1 Å². The summed E-state index contributed by atoms with van der Waals surface area (Å²) in [5.41, 5.74) is -0.808. The molecule has 0 heterocycles. The molecule has 2 saturated carbocycles. The summed E-state index contributed by atoms with van der Waals surface area (Å²) in [6, 6.07) is 0. The van der Waals surface area contributed by atoms with E-state index in [1.165, 1.54) is 0 Å². The third-order valence-electron chi connectivity index (χ3n) is 6.12. The molecule has 0 radical (unpaired) electrons. The van der Waals surface area contributed by atoms with Crippen LogP contribution in [-0.2, 0) is 28.5 Å². The Kier molecular flexibility index (Phi) is 20.7. The van der Waals surface area contributed by atoms with E-state index in [1.54, 1.807) is 0 Å². The molecule has 0 aromatic heterocycles. The van der Waals surface area contributed by atoms with Gasteiger partial charge < -0.3 is 24.1 Å². The zero-order valence-corrected chi connectivity index (χ0v) is 26.5. The first-order valence-electron chi connectivity index (χ1n) is 14.2. The predicted octanol–water partition coefficient (Wildman–Crippen LogP) is 6.97. The number of aliphatic hydroxyl groups excluding tert-OH is 1. The Morgan fingerprint density at radius 2 is 1.05 bits per heavy atom. The summed E-state index contributed by atoms with van der Waals surface area (Å²) in [5.74, 6) is -0.131. The van der Waals surface area contributed by atoms with Crippen molar-refractivity contribution in [2.75, 3.05) is 31.8 Å². The molecule has 10 heteroatoms. The lowest BCUT2D eigenvalue weighted by Gasteiger charge is -2.29. The van der Waals surface area contributed by atoms with Crippen LogP contribution in [0.15, 0.2) is 0 Å². The molecule has 0 aromatic carbocycles. The lowest BCUT2D eigenvalue weighted by atomic mass is 9.87. The predicted molar refractivity (Wildman–Crippen MR) is 154 cm³/mol.